The molecule has 7 heteroatoms. The van der Waals surface area contributed by atoms with Gasteiger partial charge in [-0.2, -0.15) is 13.2 Å². The molecule has 1 atom stereocenters. The number of anilines is 1. The molecule has 21 heavy (non-hydrogen) atoms. The van der Waals surface area contributed by atoms with Gasteiger partial charge in [-0.25, -0.2) is 9.97 Å². The van der Waals surface area contributed by atoms with Crippen molar-refractivity contribution in [3.63, 3.8) is 0 Å². The number of alkyl halides is 3. The lowest BCUT2D eigenvalue weighted by molar-refractivity contribution is -0.141. The number of benzene rings is 1. The molecule has 0 aliphatic heterocycles. The average Bonchev–Trinajstić information content (AvgIpc) is 2.46. The zero-order valence-corrected chi connectivity index (χ0v) is 11.5. The van der Waals surface area contributed by atoms with E-state index in [0.717, 1.165) is 17.8 Å². The maximum atomic E-state index is 12.6. The smallest absolute Gasteiger partial charge is 0.433 e. The third kappa shape index (κ3) is 3.62. The van der Waals surface area contributed by atoms with Gasteiger partial charge in [0.25, 0.3) is 0 Å². The van der Waals surface area contributed by atoms with Crippen LogP contribution in [0.3, 0.4) is 0 Å². The Kier molecular flexibility index (Phi) is 4.30. The topological polar surface area (TPSA) is 47.0 Å². The van der Waals surface area contributed by atoms with Crippen LogP contribution in [0.1, 0.15) is 24.2 Å². The highest BCUT2D eigenvalue weighted by atomic mass is 19.4. The minimum absolute atomic E-state index is 0.0803. The molecule has 4 nitrogen and oxygen atoms in total. The highest BCUT2D eigenvalue weighted by Gasteiger charge is 2.32. The number of methoxy groups -OCH3 is 1. The maximum absolute atomic E-state index is 12.6. The second-order valence-corrected chi connectivity index (χ2v) is 4.37. The van der Waals surface area contributed by atoms with E-state index in [1.165, 1.54) is 7.11 Å². The molecule has 0 saturated carbocycles. The van der Waals surface area contributed by atoms with E-state index in [1.54, 1.807) is 13.0 Å². The Bertz CT molecular complexity index is 616. The van der Waals surface area contributed by atoms with Crippen molar-refractivity contribution in [3.05, 3.63) is 47.8 Å². The number of nitrogens with one attached hydrogen (secondary N) is 1. The summed E-state index contributed by atoms with van der Waals surface area (Å²) in [5.41, 5.74) is -0.173. The Morgan fingerprint density at radius 3 is 2.57 bits per heavy atom. The summed E-state index contributed by atoms with van der Waals surface area (Å²) >= 11 is 0. The van der Waals surface area contributed by atoms with Crippen LogP contribution in [0.15, 0.2) is 36.5 Å². The average molecular weight is 297 g/mol. The molecule has 0 radical (unpaired) electrons. The second kappa shape index (κ2) is 5.99. The number of halogens is 3. The largest absolute Gasteiger partial charge is 0.496 e. The zero-order chi connectivity index (χ0) is 15.5. The van der Waals surface area contributed by atoms with Gasteiger partial charge in [0.15, 0.2) is 0 Å². The second-order valence-electron chi connectivity index (χ2n) is 4.37. The lowest BCUT2D eigenvalue weighted by Gasteiger charge is -2.17. The van der Waals surface area contributed by atoms with E-state index in [1.807, 2.05) is 18.2 Å². The molecule has 1 unspecified atom stereocenters. The SMILES string of the molecule is COc1ccccc1C(C)Nc1nccc(C(F)(F)F)n1. The van der Waals surface area contributed by atoms with E-state index in [0.29, 0.717) is 5.75 Å². The standard InChI is InChI=1S/C14H14F3N3O/c1-9(10-5-3-4-6-11(10)21-2)19-13-18-8-7-12(20-13)14(15,16)17/h3-9H,1-2H3,(H,18,19,20). The van der Waals surface area contributed by atoms with Crippen LogP contribution in [-0.2, 0) is 6.18 Å². The van der Waals surface area contributed by atoms with Gasteiger partial charge in [-0.3, -0.25) is 0 Å². The highest BCUT2D eigenvalue weighted by Crippen LogP contribution is 2.29. The summed E-state index contributed by atoms with van der Waals surface area (Å²) < 4.78 is 43.0. The summed E-state index contributed by atoms with van der Waals surface area (Å²) in [6.07, 6.45) is -3.42. The first-order chi connectivity index (χ1) is 9.91. The lowest BCUT2D eigenvalue weighted by Crippen LogP contribution is -2.14. The van der Waals surface area contributed by atoms with Gasteiger partial charge < -0.3 is 10.1 Å². The molecule has 0 fully saturated rings. The van der Waals surface area contributed by atoms with E-state index in [-0.39, 0.29) is 12.0 Å². The van der Waals surface area contributed by atoms with Crippen molar-refractivity contribution >= 4 is 5.95 Å². The number of para-hydroxylation sites is 1. The Morgan fingerprint density at radius 2 is 1.90 bits per heavy atom. The molecule has 1 N–H and O–H groups in total. The number of rotatable bonds is 4. The van der Waals surface area contributed by atoms with Crippen LogP contribution >= 0.6 is 0 Å². The van der Waals surface area contributed by atoms with Crippen molar-refractivity contribution in [1.82, 2.24) is 9.97 Å². The van der Waals surface area contributed by atoms with Gasteiger partial charge in [-0.1, -0.05) is 18.2 Å². The van der Waals surface area contributed by atoms with E-state index >= 15 is 0 Å². The van der Waals surface area contributed by atoms with Crippen LogP contribution in [-0.4, -0.2) is 17.1 Å². The normalized spacial score (nSPS) is 12.8. The first kappa shape index (κ1) is 15.1. The summed E-state index contributed by atoms with van der Waals surface area (Å²) in [5.74, 6) is 0.563. The molecule has 2 aromatic rings. The van der Waals surface area contributed by atoms with Crippen molar-refractivity contribution < 1.29 is 17.9 Å². The fourth-order valence-corrected chi connectivity index (χ4v) is 1.88. The third-order valence-electron chi connectivity index (χ3n) is 2.90. The van der Waals surface area contributed by atoms with E-state index < -0.39 is 11.9 Å². The summed E-state index contributed by atoms with van der Waals surface area (Å²) in [7, 11) is 1.53. The summed E-state index contributed by atoms with van der Waals surface area (Å²) in [6, 6.07) is 7.77. The predicted octanol–water partition coefficient (Wildman–Crippen LogP) is 3.68. The molecule has 1 heterocycles. The van der Waals surface area contributed by atoms with Crippen molar-refractivity contribution in [1.29, 1.82) is 0 Å². The predicted molar refractivity (Wildman–Crippen MR) is 72.1 cm³/mol. The number of hydrogen-bond acceptors (Lipinski definition) is 4. The fourth-order valence-electron chi connectivity index (χ4n) is 1.88. The van der Waals surface area contributed by atoms with Crippen LogP contribution < -0.4 is 10.1 Å². The Morgan fingerprint density at radius 1 is 1.19 bits per heavy atom. The van der Waals surface area contributed by atoms with Crippen molar-refractivity contribution in [3.8, 4) is 5.75 Å². The van der Waals surface area contributed by atoms with Crippen LogP contribution in [0.5, 0.6) is 5.75 Å². The molecular formula is C14H14F3N3O. The Balaban J connectivity index is 2.22. The lowest BCUT2D eigenvalue weighted by atomic mass is 10.1. The minimum atomic E-state index is -4.49. The van der Waals surface area contributed by atoms with Gasteiger partial charge in [0, 0.05) is 11.8 Å². The fraction of sp³-hybridized carbons (Fsp3) is 0.286. The first-order valence-corrected chi connectivity index (χ1v) is 6.21. The van der Waals surface area contributed by atoms with E-state index in [4.69, 9.17) is 4.74 Å². The van der Waals surface area contributed by atoms with Crippen LogP contribution in [0.4, 0.5) is 19.1 Å². The van der Waals surface area contributed by atoms with Crippen LogP contribution in [0.25, 0.3) is 0 Å². The molecule has 0 amide bonds. The number of ether oxygens (including phenoxy) is 1. The van der Waals surface area contributed by atoms with Crippen LogP contribution in [0, 0.1) is 0 Å². The van der Waals surface area contributed by atoms with Crippen molar-refractivity contribution in [2.45, 2.75) is 19.1 Å². The molecule has 0 aliphatic rings. The molecule has 0 aliphatic carbocycles. The Hall–Kier alpha value is -2.31. The Labute approximate surface area is 120 Å². The zero-order valence-electron chi connectivity index (χ0n) is 11.5. The van der Waals surface area contributed by atoms with E-state index in [2.05, 4.69) is 15.3 Å². The molecule has 112 valence electrons. The quantitative estimate of drug-likeness (QED) is 0.935. The molecule has 0 saturated heterocycles. The number of nitrogens with zero attached hydrogens (tertiary/aromatic N) is 2. The van der Waals surface area contributed by atoms with Gasteiger partial charge >= 0.3 is 6.18 Å². The van der Waals surface area contributed by atoms with Gasteiger partial charge in [-0.05, 0) is 19.1 Å². The number of hydrogen-bond donors (Lipinski definition) is 1. The van der Waals surface area contributed by atoms with Gasteiger partial charge in [0.05, 0.1) is 13.2 Å². The van der Waals surface area contributed by atoms with Gasteiger partial charge in [0.1, 0.15) is 11.4 Å². The van der Waals surface area contributed by atoms with E-state index in [9.17, 15) is 13.2 Å². The monoisotopic (exact) mass is 297 g/mol. The maximum Gasteiger partial charge on any atom is 0.433 e. The van der Waals surface area contributed by atoms with Crippen LogP contribution in [0.2, 0.25) is 0 Å². The summed E-state index contributed by atoms with van der Waals surface area (Å²) in [5, 5.41) is 2.84. The summed E-state index contributed by atoms with van der Waals surface area (Å²) in [6.45, 7) is 1.79. The molecular weight excluding hydrogens is 283 g/mol. The summed E-state index contributed by atoms with van der Waals surface area (Å²) in [4.78, 5) is 7.29. The van der Waals surface area contributed by atoms with Gasteiger partial charge in [-0.15, -0.1) is 0 Å². The molecule has 1 aromatic heterocycles. The van der Waals surface area contributed by atoms with Gasteiger partial charge in [0.2, 0.25) is 5.95 Å². The minimum Gasteiger partial charge on any atom is -0.496 e. The molecule has 2 rings (SSSR count). The molecule has 0 bridgehead atoms. The van der Waals surface area contributed by atoms with Crippen molar-refractivity contribution in [2.75, 3.05) is 12.4 Å². The molecule has 0 spiro atoms. The first-order valence-electron chi connectivity index (χ1n) is 6.21. The highest BCUT2D eigenvalue weighted by molar-refractivity contribution is 5.40. The third-order valence-corrected chi connectivity index (χ3v) is 2.90. The van der Waals surface area contributed by atoms with Crippen molar-refractivity contribution in [2.24, 2.45) is 0 Å². The number of aromatic nitrogens is 2. The molecule has 1 aromatic carbocycles.